The topological polar surface area (TPSA) is 102 Å². The Balaban J connectivity index is 4.23. The quantitative estimate of drug-likeness (QED) is 0.0362. The standard InChI is InChI=1S/C41H79NO7/c1-6-8-10-12-14-16-17-18-19-20-21-22-23-24-26-27-29-31-39(43)48-36-37(35-47-34-33-38(41(45)46)42(3,4)5)49-40(44)32-30-28-25-15-13-11-9-7-2/h37-38H,6-36H2,1-5H3. The van der Waals surface area contributed by atoms with E-state index in [1.54, 1.807) is 21.1 Å². The summed E-state index contributed by atoms with van der Waals surface area (Å²) in [5.74, 6) is -1.72. The van der Waals surface area contributed by atoms with E-state index in [1.807, 2.05) is 0 Å². The SMILES string of the molecule is CCCCCCCCCCCCCCCCCCCC(=O)OCC(COCCC(C(=O)[O-])[N+](C)(C)C)OC(=O)CCCCCCCCCC. The van der Waals surface area contributed by atoms with Crippen LogP contribution in [0.1, 0.15) is 194 Å². The molecule has 0 amide bonds. The summed E-state index contributed by atoms with van der Waals surface area (Å²) in [5.41, 5.74) is 0. The van der Waals surface area contributed by atoms with Gasteiger partial charge in [-0.3, -0.25) is 9.59 Å². The van der Waals surface area contributed by atoms with Gasteiger partial charge in [0.2, 0.25) is 0 Å². The van der Waals surface area contributed by atoms with Crippen LogP contribution in [0.2, 0.25) is 0 Å². The van der Waals surface area contributed by atoms with E-state index in [-0.39, 0.29) is 42.7 Å². The van der Waals surface area contributed by atoms with Gasteiger partial charge < -0.3 is 28.6 Å². The van der Waals surface area contributed by atoms with E-state index in [0.29, 0.717) is 12.8 Å². The third-order valence-corrected chi connectivity index (χ3v) is 9.49. The van der Waals surface area contributed by atoms with Gasteiger partial charge in [-0.2, -0.15) is 0 Å². The van der Waals surface area contributed by atoms with E-state index >= 15 is 0 Å². The minimum atomic E-state index is -1.12. The van der Waals surface area contributed by atoms with Crippen LogP contribution >= 0.6 is 0 Å². The molecule has 0 saturated heterocycles. The van der Waals surface area contributed by atoms with Crippen LogP contribution in [0.4, 0.5) is 0 Å². The largest absolute Gasteiger partial charge is 0.544 e. The Kier molecular flexibility index (Phi) is 32.3. The predicted octanol–water partition coefficient (Wildman–Crippen LogP) is 9.25. The number of likely N-dealkylation sites (N-methyl/N-ethyl adjacent to an activating group) is 1. The van der Waals surface area contributed by atoms with Crippen LogP contribution in [0, 0.1) is 0 Å². The molecule has 2 unspecified atom stereocenters. The third kappa shape index (κ3) is 32.0. The monoisotopic (exact) mass is 698 g/mol. The summed E-state index contributed by atoms with van der Waals surface area (Å²) in [6.45, 7) is 4.65. The third-order valence-electron chi connectivity index (χ3n) is 9.49. The molecule has 0 aliphatic rings. The van der Waals surface area contributed by atoms with Gasteiger partial charge in [-0.25, -0.2) is 0 Å². The van der Waals surface area contributed by atoms with Crippen LogP contribution in [-0.4, -0.2) is 75.5 Å². The Labute approximate surface area is 302 Å². The second-order valence-corrected chi connectivity index (χ2v) is 15.2. The summed E-state index contributed by atoms with van der Waals surface area (Å²) in [6, 6.07) is -0.717. The molecular formula is C41H79NO7. The Morgan fingerprint density at radius 3 is 1.27 bits per heavy atom. The number of carboxylic acids is 1. The van der Waals surface area contributed by atoms with Crippen molar-refractivity contribution in [3.8, 4) is 0 Å². The van der Waals surface area contributed by atoms with Gasteiger partial charge in [-0.1, -0.05) is 162 Å². The summed E-state index contributed by atoms with van der Waals surface area (Å²) in [7, 11) is 5.40. The number of carboxylic acid groups (broad SMARTS) is 1. The van der Waals surface area contributed by atoms with Crippen molar-refractivity contribution in [3.05, 3.63) is 0 Å². The van der Waals surface area contributed by atoms with Gasteiger partial charge in [0, 0.05) is 19.3 Å². The second kappa shape index (κ2) is 33.5. The number of unbranched alkanes of at least 4 members (excludes halogenated alkanes) is 23. The maximum atomic E-state index is 12.6. The smallest absolute Gasteiger partial charge is 0.306 e. The first kappa shape index (κ1) is 47.3. The zero-order chi connectivity index (χ0) is 36.4. The highest BCUT2D eigenvalue weighted by Crippen LogP contribution is 2.15. The highest BCUT2D eigenvalue weighted by atomic mass is 16.6. The van der Waals surface area contributed by atoms with Crippen molar-refractivity contribution in [3.63, 3.8) is 0 Å². The van der Waals surface area contributed by atoms with Gasteiger partial charge in [0.25, 0.3) is 0 Å². The van der Waals surface area contributed by atoms with Crippen molar-refractivity contribution < 1.29 is 38.2 Å². The van der Waals surface area contributed by atoms with Crippen molar-refractivity contribution in [1.82, 2.24) is 0 Å². The molecule has 0 saturated carbocycles. The minimum absolute atomic E-state index is 0.0481. The average molecular weight is 698 g/mol. The number of carbonyl (C=O) groups is 3. The van der Waals surface area contributed by atoms with Crippen LogP contribution in [0.5, 0.6) is 0 Å². The van der Waals surface area contributed by atoms with Crippen LogP contribution in [0.3, 0.4) is 0 Å². The molecule has 0 N–H and O–H groups in total. The molecule has 0 radical (unpaired) electrons. The van der Waals surface area contributed by atoms with Gasteiger partial charge in [0.15, 0.2) is 6.10 Å². The zero-order valence-corrected chi connectivity index (χ0v) is 32.9. The molecule has 0 aliphatic heterocycles. The minimum Gasteiger partial charge on any atom is -0.544 e. The summed E-state index contributed by atoms with van der Waals surface area (Å²) < 4.78 is 17.1. The van der Waals surface area contributed by atoms with Crippen LogP contribution in [0.25, 0.3) is 0 Å². The Hall–Kier alpha value is -1.67. The fourth-order valence-electron chi connectivity index (χ4n) is 6.25. The van der Waals surface area contributed by atoms with Crippen molar-refractivity contribution in [2.75, 3.05) is 41.0 Å². The summed E-state index contributed by atoms with van der Waals surface area (Å²) >= 11 is 0. The molecule has 8 heteroatoms. The number of hydrogen-bond donors (Lipinski definition) is 0. The van der Waals surface area contributed by atoms with E-state index in [4.69, 9.17) is 14.2 Å². The van der Waals surface area contributed by atoms with Crippen LogP contribution < -0.4 is 5.11 Å². The van der Waals surface area contributed by atoms with Gasteiger partial charge in [0.05, 0.1) is 40.3 Å². The number of carbonyl (C=O) groups excluding carboxylic acids is 3. The lowest BCUT2D eigenvalue weighted by Crippen LogP contribution is -2.55. The number of hydrogen-bond acceptors (Lipinski definition) is 7. The molecule has 8 nitrogen and oxygen atoms in total. The van der Waals surface area contributed by atoms with E-state index in [0.717, 1.165) is 38.5 Å². The first-order valence-electron chi connectivity index (χ1n) is 20.6. The highest BCUT2D eigenvalue weighted by molar-refractivity contribution is 5.70. The lowest BCUT2D eigenvalue weighted by atomic mass is 10.0. The number of rotatable bonds is 37. The molecule has 0 aromatic carbocycles. The number of nitrogens with zero attached hydrogens (tertiary/aromatic N) is 1. The van der Waals surface area contributed by atoms with E-state index in [9.17, 15) is 19.5 Å². The first-order valence-corrected chi connectivity index (χ1v) is 20.6. The molecule has 290 valence electrons. The normalized spacial score (nSPS) is 12.9. The zero-order valence-electron chi connectivity index (χ0n) is 32.9. The molecule has 0 fully saturated rings. The molecule has 0 aromatic heterocycles. The van der Waals surface area contributed by atoms with Gasteiger partial charge in [0.1, 0.15) is 12.6 Å². The summed E-state index contributed by atoms with van der Waals surface area (Å²) in [4.78, 5) is 36.6. The first-order chi connectivity index (χ1) is 23.6. The Morgan fingerprint density at radius 1 is 0.531 bits per heavy atom. The van der Waals surface area contributed by atoms with E-state index in [1.165, 1.54) is 122 Å². The lowest BCUT2D eigenvalue weighted by molar-refractivity contribution is -0.889. The highest BCUT2D eigenvalue weighted by Gasteiger charge is 2.25. The van der Waals surface area contributed by atoms with Gasteiger partial charge >= 0.3 is 11.9 Å². The molecule has 0 rings (SSSR count). The number of esters is 2. The fourth-order valence-corrected chi connectivity index (χ4v) is 6.25. The predicted molar refractivity (Wildman–Crippen MR) is 199 cm³/mol. The van der Waals surface area contributed by atoms with Gasteiger partial charge in [-0.15, -0.1) is 0 Å². The Bertz CT molecular complexity index is 782. The molecule has 2 atom stereocenters. The fraction of sp³-hybridized carbons (Fsp3) is 0.927. The maximum absolute atomic E-state index is 12.6. The van der Waals surface area contributed by atoms with Crippen molar-refractivity contribution >= 4 is 17.9 Å². The molecule has 0 aliphatic carbocycles. The molecule has 0 bridgehead atoms. The molecule has 49 heavy (non-hydrogen) atoms. The second-order valence-electron chi connectivity index (χ2n) is 15.2. The molecular weight excluding hydrogens is 618 g/mol. The van der Waals surface area contributed by atoms with Crippen molar-refractivity contribution in [2.45, 2.75) is 206 Å². The Morgan fingerprint density at radius 2 is 0.898 bits per heavy atom. The van der Waals surface area contributed by atoms with E-state index < -0.39 is 18.1 Å². The van der Waals surface area contributed by atoms with Crippen LogP contribution in [-0.2, 0) is 28.6 Å². The molecule has 0 aromatic rings. The van der Waals surface area contributed by atoms with Crippen molar-refractivity contribution in [2.24, 2.45) is 0 Å². The molecule has 0 spiro atoms. The lowest BCUT2D eigenvalue weighted by Gasteiger charge is -2.34. The molecule has 0 heterocycles. The number of aliphatic carboxylic acids is 1. The van der Waals surface area contributed by atoms with Crippen LogP contribution in [0.15, 0.2) is 0 Å². The number of quaternary nitrogens is 1. The average Bonchev–Trinajstić information content (AvgIpc) is 3.05. The summed E-state index contributed by atoms with van der Waals surface area (Å²) in [6.07, 6.45) is 31.3. The van der Waals surface area contributed by atoms with Gasteiger partial charge in [-0.05, 0) is 12.8 Å². The van der Waals surface area contributed by atoms with E-state index in [2.05, 4.69) is 13.8 Å². The summed E-state index contributed by atoms with van der Waals surface area (Å²) in [5, 5.41) is 11.6. The number of ether oxygens (including phenoxy) is 3. The maximum Gasteiger partial charge on any atom is 0.306 e. The van der Waals surface area contributed by atoms with Crippen molar-refractivity contribution in [1.29, 1.82) is 0 Å².